The van der Waals surface area contributed by atoms with Crippen LogP contribution >= 0.6 is 12.4 Å². The van der Waals surface area contributed by atoms with Gasteiger partial charge in [0.25, 0.3) is 0 Å². The van der Waals surface area contributed by atoms with Crippen LogP contribution in [0.5, 0.6) is 0 Å². The van der Waals surface area contributed by atoms with Crippen LogP contribution in [0.3, 0.4) is 0 Å². The summed E-state index contributed by atoms with van der Waals surface area (Å²) in [5.74, 6) is -0.300. The van der Waals surface area contributed by atoms with Crippen molar-refractivity contribution in [2.45, 2.75) is 19.5 Å². The Morgan fingerprint density at radius 2 is 1.97 bits per heavy atom. The van der Waals surface area contributed by atoms with Gasteiger partial charge in [0.1, 0.15) is 5.69 Å². The van der Waals surface area contributed by atoms with Crippen LogP contribution in [0, 0.1) is 5.82 Å². The van der Waals surface area contributed by atoms with Crippen LogP contribution in [0.15, 0.2) is 36.8 Å². The SMILES string of the molecule is CN(c1nccnc1CNc1nc(Nc2ccc3c(c2)CCNC3)ncc1F)S(C)(=O)=O.Cl. The zero-order valence-electron chi connectivity index (χ0n) is 18.0. The predicted molar refractivity (Wildman–Crippen MR) is 127 cm³/mol. The van der Waals surface area contributed by atoms with E-state index in [1.807, 2.05) is 18.2 Å². The van der Waals surface area contributed by atoms with Crippen LogP contribution in [-0.4, -0.2) is 48.2 Å². The molecule has 0 spiro atoms. The Morgan fingerprint density at radius 1 is 1.18 bits per heavy atom. The fourth-order valence-electron chi connectivity index (χ4n) is 3.31. The van der Waals surface area contributed by atoms with E-state index in [4.69, 9.17) is 0 Å². The highest BCUT2D eigenvalue weighted by Gasteiger charge is 2.18. The summed E-state index contributed by atoms with van der Waals surface area (Å²) in [7, 11) is -2.15. The van der Waals surface area contributed by atoms with Crippen molar-refractivity contribution in [1.29, 1.82) is 0 Å². The number of sulfonamides is 1. The second kappa shape index (κ2) is 10.2. The molecule has 1 aromatic carbocycles. The molecule has 33 heavy (non-hydrogen) atoms. The lowest BCUT2D eigenvalue weighted by Gasteiger charge is -2.18. The standard InChI is InChI=1S/C20H23FN8O2S.ClH/c1-29(32(2,30)31)19-17(23-7-8-24-19)12-25-18-16(21)11-26-20(28-18)27-15-4-3-14-10-22-6-5-13(14)9-15;/h3-4,7-9,11,22H,5-6,10,12H2,1-2H3,(H2,25,26,27,28);1H. The third kappa shape index (κ3) is 5.83. The fourth-order valence-corrected chi connectivity index (χ4v) is 3.77. The van der Waals surface area contributed by atoms with Crippen LogP contribution in [0.1, 0.15) is 16.8 Å². The average Bonchev–Trinajstić information content (AvgIpc) is 2.78. The number of aromatic nitrogens is 4. The van der Waals surface area contributed by atoms with Crippen LogP contribution in [0.4, 0.5) is 27.7 Å². The van der Waals surface area contributed by atoms with Crippen molar-refractivity contribution in [3.05, 3.63) is 59.4 Å². The van der Waals surface area contributed by atoms with Crippen molar-refractivity contribution in [2.75, 3.05) is 34.8 Å². The lowest BCUT2D eigenvalue weighted by molar-refractivity contribution is 0.599. The molecule has 10 nitrogen and oxygen atoms in total. The first-order valence-corrected chi connectivity index (χ1v) is 11.8. The van der Waals surface area contributed by atoms with Crippen LogP contribution < -0.4 is 20.3 Å². The highest BCUT2D eigenvalue weighted by molar-refractivity contribution is 7.92. The van der Waals surface area contributed by atoms with Crippen molar-refractivity contribution in [3.8, 4) is 0 Å². The number of anilines is 4. The third-order valence-corrected chi connectivity index (χ3v) is 6.23. The van der Waals surface area contributed by atoms with Gasteiger partial charge in [-0.15, -0.1) is 12.4 Å². The first-order chi connectivity index (χ1) is 15.3. The lowest BCUT2D eigenvalue weighted by Crippen LogP contribution is -2.27. The molecular formula is C20H24ClFN8O2S. The van der Waals surface area contributed by atoms with Crippen molar-refractivity contribution in [1.82, 2.24) is 25.3 Å². The molecule has 0 fully saturated rings. The summed E-state index contributed by atoms with van der Waals surface area (Å²) >= 11 is 0. The van der Waals surface area contributed by atoms with Crippen molar-refractivity contribution in [2.24, 2.45) is 0 Å². The molecule has 0 amide bonds. The molecule has 0 atom stereocenters. The molecule has 3 aromatic rings. The van der Waals surface area contributed by atoms with Crippen molar-refractivity contribution in [3.63, 3.8) is 0 Å². The molecule has 0 bridgehead atoms. The Balaban J connectivity index is 0.00000306. The monoisotopic (exact) mass is 494 g/mol. The van der Waals surface area contributed by atoms with E-state index in [1.54, 1.807) is 0 Å². The smallest absolute Gasteiger partial charge is 0.233 e. The molecule has 0 unspecified atom stereocenters. The van der Waals surface area contributed by atoms with Gasteiger partial charge in [0.15, 0.2) is 17.5 Å². The molecule has 3 N–H and O–H groups in total. The zero-order valence-corrected chi connectivity index (χ0v) is 19.7. The van der Waals surface area contributed by atoms with Crippen LogP contribution in [0.25, 0.3) is 0 Å². The minimum absolute atomic E-state index is 0. The molecule has 13 heteroatoms. The minimum Gasteiger partial charge on any atom is -0.362 e. The maximum Gasteiger partial charge on any atom is 0.233 e. The number of hydrogen-bond acceptors (Lipinski definition) is 9. The molecule has 1 aliphatic heterocycles. The Labute approximate surface area is 197 Å². The summed E-state index contributed by atoms with van der Waals surface area (Å²) in [6.07, 6.45) is 5.90. The molecule has 4 rings (SSSR count). The second-order valence-electron chi connectivity index (χ2n) is 7.34. The molecule has 0 saturated heterocycles. The summed E-state index contributed by atoms with van der Waals surface area (Å²) in [5.41, 5.74) is 3.65. The first kappa shape index (κ1) is 24.6. The van der Waals surface area contributed by atoms with E-state index in [2.05, 4.69) is 35.9 Å². The van der Waals surface area contributed by atoms with Crippen molar-refractivity contribution >= 4 is 45.7 Å². The maximum atomic E-state index is 14.3. The van der Waals surface area contributed by atoms with E-state index >= 15 is 0 Å². The number of hydrogen-bond donors (Lipinski definition) is 3. The van der Waals surface area contributed by atoms with Gasteiger partial charge in [0.2, 0.25) is 16.0 Å². The number of nitrogens with one attached hydrogen (secondary N) is 3. The highest BCUT2D eigenvalue weighted by Crippen LogP contribution is 2.23. The number of fused-ring (bicyclic) bond motifs is 1. The van der Waals surface area contributed by atoms with Gasteiger partial charge in [0, 0.05) is 31.7 Å². The van der Waals surface area contributed by atoms with Gasteiger partial charge in [-0.25, -0.2) is 22.8 Å². The molecular weight excluding hydrogens is 471 g/mol. The van der Waals surface area contributed by atoms with E-state index in [0.717, 1.165) is 42.0 Å². The summed E-state index contributed by atoms with van der Waals surface area (Å²) < 4.78 is 39.1. The number of halogens is 2. The molecule has 3 heterocycles. The van der Waals surface area contributed by atoms with Gasteiger partial charge in [-0.3, -0.25) is 9.29 Å². The first-order valence-electron chi connectivity index (χ1n) is 9.91. The number of nitrogens with zero attached hydrogens (tertiary/aromatic N) is 5. The van der Waals surface area contributed by atoms with Crippen LogP contribution in [0.2, 0.25) is 0 Å². The molecule has 0 aliphatic carbocycles. The summed E-state index contributed by atoms with van der Waals surface area (Å²) in [4.78, 5) is 16.5. The maximum absolute atomic E-state index is 14.3. The van der Waals surface area contributed by atoms with E-state index in [-0.39, 0.29) is 36.5 Å². The Bertz CT molecular complexity index is 1240. The van der Waals surface area contributed by atoms with Gasteiger partial charge < -0.3 is 16.0 Å². The quantitative estimate of drug-likeness (QED) is 0.453. The zero-order chi connectivity index (χ0) is 22.7. The molecule has 0 saturated carbocycles. The molecule has 176 valence electrons. The van der Waals surface area contributed by atoms with Gasteiger partial charge in [0.05, 0.1) is 19.0 Å². The van der Waals surface area contributed by atoms with Gasteiger partial charge in [-0.2, -0.15) is 4.98 Å². The fraction of sp³-hybridized carbons (Fsp3) is 0.300. The molecule has 1 aliphatic rings. The molecule has 0 radical (unpaired) electrons. The average molecular weight is 495 g/mol. The van der Waals surface area contributed by atoms with E-state index < -0.39 is 15.8 Å². The van der Waals surface area contributed by atoms with E-state index in [0.29, 0.717) is 5.69 Å². The van der Waals surface area contributed by atoms with Gasteiger partial charge in [-0.05, 0) is 36.2 Å². The number of benzene rings is 1. The predicted octanol–water partition coefficient (Wildman–Crippen LogP) is 2.22. The number of rotatable bonds is 7. The van der Waals surface area contributed by atoms with E-state index in [1.165, 1.54) is 30.6 Å². The molecule has 2 aromatic heterocycles. The minimum atomic E-state index is -3.53. The Kier molecular flexibility index (Phi) is 7.61. The van der Waals surface area contributed by atoms with Crippen molar-refractivity contribution < 1.29 is 12.8 Å². The summed E-state index contributed by atoms with van der Waals surface area (Å²) in [6, 6.07) is 6.02. The topological polar surface area (TPSA) is 125 Å². The van der Waals surface area contributed by atoms with Crippen LogP contribution in [-0.2, 0) is 29.5 Å². The Hall–Kier alpha value is -3.09. The highest BCUT2D eigenvalue weighted by atomic mass is 35.5. The van der Waals surface area contributed by atoms with E-state index in [9.17, 15) is 12.8 Å². The normalized spacial score (nSPS) is 12.9. The lowest BCUT2D eigenvalue weighted by atomic mass is 10.0. The second-order valence-corrected chi connectivity index (χ2v) is 9.35. The van der Waals surface area contributed by atoms with Gasteiger partial charge >= 0.3 is 0 Å². The summed E-state index contributed by atoms with van der Waals surface area (Å²) in [6.45, 7) is 1.79. The Morgan fingerprint density at radius 3 is 2.76 bits per heavy atom. The largest absolute Gasteiger partial charge is 0.362 e. The van der Waals surface area contributed by atoms with Gasteiger partial charge in [-0.1, -0.05) is 6.07 Å². The summed E-state index contributed by atoms with van der Waals surface area (Å²) in [5, 5.41) is 9.29. The third-order valence-electron chi connectivity index (χ3n) is 5.06.